The Balaban J connectivity index is 2.30. The van der Waals surface area contributed by atoms with Crippen LogP contribution in [0.15, 0.2) is 30.3 Å². The van der Waals surface area contributed by atoms with Crippen molar-refractivity contribution in [3.8, 4) is 11.2 Å². The summed E-state index contributed by atoms with van der Waals surface area (Å²) in [5, 5.41) is 3.16. The minimum Gasteiger partial charge on any atom is -0.0750 e. The largest absolute Gasteiger partial charge is 0.0750 e. The highest BCUT2D eigenvalue weighted by Crippen LogP contribution is 2.12. The summed E-state index contributed by atoms with van der Waals surface area (Å²) >= 11 is 1.75. The van der Waals surface area contributed by atoms with Gasteiger partial charge in [-0.25, -0.2) is 0 Å². The molecule has 0 aliphatic heterocycles. The predicted octanol–water partition coefficient (Wildman–Crippen LogP) is 4.07. The van der Waals surface area contributed by atoms with Crippen molar-refractivity contribution in [1.29, 1.82) is 0 Å². The first-order chi connectivity index (χ1) is 7.08. The van der Waals surface area contributed by atoms with E-state index in [4.69, 9.17) is 0 Å². The molecule has 15 heavy (non-hydrogen) atoms. The summed E-state index contributed by atoms with van der Waals surface area (Å²) in [5.41, 5.74) is 1.11. The zero-order chi connectivity index (χ0) is 11.1. The van der Waals surface area contributed by atoms with Crippen LogP contribution in [-0.4, -0.2) is 13.8 Å². The Hall–Kier alpha value is -0.653. The van der Waals surface area contributed by atoms with Crippen LogP contribution in [0, 0.1) is 11.2 Å². The molecular formula is C13H18SSi. The number of thioether (sulfide) groups is 1. The van der Waals surface area contributed by atoms with E-state index in [1.807, 2.05) is 30.3 Å². The van der Waals surface area contributed by atoms with Crippen LogP contribution >= 0.6 is 11.8 Å². The maximum Gasteiger partial charge on any atom is 0.0451 e. The van der Waals surface area contributed by atoms with Crippen LogP contribution in [0.3, 0.4) is 0 Å². The van der Waals surface area contributed by atoms with E-state index < -0.39 is 8.07 Å². The lowest BCUT2D eigenvalue weighted by atomic mass is 10.2. The molecule has 0 spiro atoms. The molecule has 0 aliphatic rings. The van der Waals surface area contributed by atoms with Gasteiger partial charge in [0.25, 0.3) is 0 Å². The van der Waals surface area contributed by atoms with Crippen molar-refractivity contribution in [2.24, 2.45) is 0 Å². The monoisotopic (exact) mass is 234 g/mol. The zero-order valence-electron chi connectivity index (χ0n) is 9.71. The third kappa shape index (κ3) is 6.43. The summed E-state index contributed by atoms with van der Waals surface area (Å²) in [6.07, 6.45) is 0. The van der Waals surface area contributed by atoms with Crippen molar-refractivity contribution >= 4 is 19.8 Å². The van der Waals surface area contributed by atoms with Gasteiger partial charge >= 0.3 is 0 Å². The van der Waals surface area contributed by atoms with Crippen LogP contribution in [0.5, 0.6) is 0 Å². The van der Waals surface area contributed by atoms with Crippen LogP contribution in [0.25, 0.3) is 0 Å². The lowest BCUT2D eigenvalue weighted by molar-refractivity contribution is 1.38. The van der Waals surface area contributed by atoms with Crippen molar-refractivity contribution < 1.29 is 0 Å². The van der Waals surface area contributed by atoms with Crippen molar-refractivity contribution in [1.82, 2.24) is 0 Å². The highest BCUT2D eigenvalue weighted by atomic mass is 32.2. The molecule has 0 heterocycles. The van der Waals surface area contributed by atoms with Crippen molar-refractivity contribution in [2.75, 3.05) is 5.75 Å². The second-order valence-electron chi connectivity index (χ2n) is 4.75. The molecule has 80 valence electrons. The van der Waals surface area contributed by atoms with E-state index in [2.05, 4.69) is 30.8 Å². The average Bonchev–Trinajstić information content (AvgIpc) is 2.17. The lowest BCUT2D eigenvalue weighted by Crippen LogP contribution is -2.19. The van der Waals surface area contributed by atoms with E-state index in [-0.39, 0.29) is 0 Å². The smallest absolute Gasteiger partial charge is 0.0451 e. The first-order valence-electron chi connectivity index (χ1n) is 5.26. The molecule has 1 aromatic rings. The lowest BCUT2D eigenvalue weighted by Gasteiger charge is -2.13. The number of benzene rings is 1. The molecule has 0 unspecified atom stereocenters. The summed E-state index contributed by atoms with van der Waals surface area (Å²) in [7, 11) is -0.875. The Labute approximate surface area is 98.5 Å². The molecule has 0 radical (unpaired) electrons. The van der Waals surface area contributed by atoms with Gasteiger partial charge in [0.1, 0.15) is 0 Å². The van der Waals surface area contributed by atoms with Gasteiger partial charge in [0.05, 0.1) is 0 Å². The molecule has 0 atom stereocenters. The Kier molecular flexibility index (Phi) is 5.00. The molecule has 0 N–H and O–H groups in total. The van der Waals surface area contributed by atoms with Gasteiger partial charge in [-0.3, -0.25) is 0 Å². The standard InChI is InChI=1S/C13H18SSi/c1-15(2,3)12-11-14-10-9-13-7-5-4-6-8-13/h4-8H,11-12H2,1-3H3. The molecule has 0 amide bonds. The highest BCUT2D eigenvalue weighted by Gasteiger charge is 2.11. The first kappa shape index (κ1) is 12.4. The Morgan fingerprint density at radius 2 is 1.80 bits per heavy atom. The van der Waals surface area contributed by atoms with E-state index in [1.54, 1.807) is 11.8 Å². The van der Waals surface area contributed by atoms with Gasteiger partial charge in [-0.15, -0.1) is 0 Å². The second-order valence-corrected chi connectivity index (χ2v) is 11.3. The molecule has 0 aromatic heterocycles. The normalized spacial score (nSPS) is 10.6. The second kappa shape index (κ2) is 6.04. The minimum absolute atomic E-state index is 0.875. The van der Waals surface area contributed by atoms with Gasteiger partial charge in [-0.1, -0.05) is 55.5 Å². The van der Waals surface area contributed by atoms with Gasteiger partial charge in [-0.05, 0) is 23.4 Å². The zero-order valence-corrected chi connectivity index (χ0v) is 11.5. The van der Waals surface area contributed by atoms with E-state index >= 15 is 0 Å². The SMILES string of the molecule is C[Si](C)(C)CCSC#Cc1ccccc1. The fraction of sp³-hybridized carbons (Fsp3) is 0.385. The van der Waals surface area contributed by atoms with Gasteiger partial charge in [0, 0.05) is 19.4 Å². The summed E-state index contributed by atoms with van der Waals surface area (Å²) in [6, 6.07) is 11.5. The Morgan fingerprint density at radius 1 is 1.13 bits per heavy atom. The summed E-state index contributed by atoms with van der Waals surface area (Å²) in [5.74, 6) is 4.34. The first-order valence-corrected chi connectivity index (χ1v) is 9.95. The third-order valence-corrected chi connectivity index (χ3v) is 4.76. The number of rotatable bonds is 3. The molecule has 0 aliphatic carbocycles. The van der Waals surface area contributed by atoms with Gasteiger partial charge in [0.15, 0.2) is 0 Å². The minimum atomic E-state index is -0.875. The van der Waals surface area contributed by atoms with Crippen LogP contribution in [-0.2, 0) is 0 Å². The van der Waals surface area contributed by atoms with E-state index in [9.17, 15) is 0 Å². The maximum absolute atomic E-state index is 3.16. The van der Waals surface area contributed by atoms with Crippen molar-refractivity contribution in [3.63, 3.8) is 0 Å². The fourth-order valence-corrected chi connectivity index (χ4v) is 4.17. The average molecular weight is 234 g/mol. The topological polar surface area (TPSA) is 0 Å². The predicted molar refractivity (Wildman–Crippen MR) is 73.9 cm³/mol. The van der Waals surface area contributed by atoms with Gasteiger partial charge < -0.3 is 0 Å². The molecule has 1 rings (SSSR count). The molecule has 0 saturated heterocycles. The maximum atomic E-state index is 3.16. The van der Waals surface area contributed by atoms with Crippen LogP contribution < -0.4 is 0 Å². The molecule has 0 bridgehead atoms. The molecule has 0 saturated carbocycles. The van der Waals surface area contributed by atoms with E-state index in [0.29, 0.717) is 0 Å². The number of hydrogen-bond acceptors (Lipinski definition) is 1. The van der Waals surface area contributed by atoms with Gasteiger partial charge in [-0.2, -0.15) is 0 Å². The van der Waals surface area contributed by atoms with Crippen LogP contribution in [0.4, 0.5) is 0 Å². The third-order valence-electron chi connectivity index (χ3n) is 2.00. The summed E-state index contributed by atoms with van der Waals surface area (Å²) < 4.78 is 0. The summed E-state index contributed by atoms with van der Waals surface area (Å²) in [4.78, 5) is 0. The molecule has 0 nitrogen and oxygen atoms in total. The molecule has 2 heteroatoms. The van der Waals surface area contributed by atoms with Crippen LogP contribution in [0.2, 0.25) is 25.7 Å². The Morgan fingerprint density at radius 3 is 2.40 bits per heavy atom. The molecule has 1 aromatic carbocycles. The Bertz CT molecular complexity index is 340. The molecular weight excluding hydrogens is 216 g/mol. The molecule has 0 fully saturated rings. The van der Waals surface area contributed by atoms with Crippen molar-refractivity contribution in [2.45, 2.75) is 25.7 Å². The fourth-order valence-electron chi connectivity index (χ4n) is 1.02. The van der Waals surface area contributed by atoms with E-state index in [0.717, 1.165) is 5.56 Å². The number of hydrogen-bond donors (Lipinski definition) is 0. The summed E-state index contributed by atoms with van der Waals surface area (Å²) in [6.45, 7) is 7.20. The van der Waals surface area contributed by atoms with Crippen molar-refractivity contribution in [3.05, 3.63) is 35.9 Å². The van der Waals surface area contributed by atoms with Gasteiger partial charge in [0.2, 0.25) is 0 Å². The van der Waals surface area contributed by atoms with Crippen LogP contribution in [0.1, 0.15) is 5.56 Å². The highest BCUT2D eigenvalue weighted by molar-refractivity contribution is 8.03. The quantitative estimate of drug-likeness (QED) is 0.432. The van der Waals surface area contributed by atoms with E-state index in [1.165, 1.54) is 11.8 Å².